The molecule has 1 unspecified atom stereocenters. The molecule has 0 radical (unpaired) electrons. The highest BCUT2D eigenvalue weighted by atomic mass is 16.5. The molecule has 1 fully saturated rings. The van der Waals surface area contributed by atoms with Gasteiger partial charge < -0.3 is 29.7 Å². The first kappa shape index (κ1) is 34.5. The first-order valence-electron chi connectivity index (χ1n) is 16.4. The predicted molar refractivity (Wildman–Crippen MR) is 193 cm³/mol. The number of rotatable bonds is 9. The summed E-state index contributed by atoms with van der Waals surface area (Å²) in [4.78, 5) is 30.5. The standard InChI is InChI=1S/C38H47N5O5/c1-8-27-24-43(19-18-42(27)5)23-25-12-11-13-28(20-25)48-34-17-16-31(29-14-9-10-15-30(29)34)39-36(44)40-32-21-26(38(2,3)4)22-33(35(32)46-6)41-37(45)47-7/h9-17,20-22,27H,8,18-19,23-24H2,1-7H3,(H,41,45)(H2,39,40,44). The molecule has 0 bridgehead atoms. The number of hydrogen-bond donors (Lipinski definition) is 3. The fraction of sp³-hybridized carbons (Fsp3) is 0.368. The zero-order valence-electron chi connectivity index (χ0n) is 29.0. The minimum absolute atomic E-state index is 0.278. The van der Waals surface area contributed by atoms with E-state index in [-0.39, 0.29) is 5.41 Å². The molecule has 1 heterocycles. The minimum atomic E-state index is -0.643. The number of nitrogens with one attached hydrogen (secondary N) is 3. The molecule has 254 valence electrons. The first-order valence-corrected chi connectivity index (χ1v) is 16.4. The Morgan fingerprint density at radius 3 is 2.25 bits per heavy atom. The lowest BCUT2D eigenvalue weighted by Gasteiger charge is -2.39. The Hall–Kier alpha value is -4.80. The topological polar surface area (TPSA) is 104 Å². The summed E-state index contributed by atoms with van der Waals surface area (Å²) >= 11 is 0. The number of piperazine rings is 1. The number of anilines is 3. The molecule has 10 heteroatoms. The molecule has 0 aromatic heterocycles. The highest BCUT2D eigenvalue weighted by Crippen LogP contribution is 2.39. The van der Waals surface area contributed by atoms with Gasteiger partial charge >= 0.3 is 12.1 Å². The average Bonchev–Trinajstić information content (AvgIpc) is 3.06. The molecule has 3 N–H and O–H groups in total. The first-order chi connectivity index (χ1) is 23.0. The second-order valence-corrected chi connectivity index (χ2v) is 13.2. The Labute approximate surface area is 283 Å². The normalized spacial score (nSPS) is 15.5. The molecule has 4 aromatic rings. The van der Waals surface area contributed by atoms with Crippen LogP contribution < -0.4 is 25.4 Å². The van der Waals surface area contributed by atoms with Gasteiger partial charge in [-0.1, -0.05) is 64.1 Å². The summed E-state index contributed by atoms with van der Waals surface area (Å²) in [5.74, 6) is 1.76. The van der Waals surface area contributed by atoms with Crippen LogP contribution in [0.3, 0.4) is 0 Å². The lowest BCUT2D eigenvalue weighted by atomic mass is 9.86. The Bertz CT molecular complexity index is 1770. The second-order valence-electron chi connectivity index (χ2n) is 13.2. The van der Waals surface area contributed by atoms with Crippen LogP contribution in [0.25, 0.3) is 10.8 Å². The quantitative estimate of drug-likeness (QED) is 0.167. The monoisotopic (exact) mass is 653 g/mol. The maximum absolute atomic E-state index is 13.5. The second kappa shape index (κ2) is 15.0. The molecule has 4 aromatic carbocycles. The minimum Gasteiger partial charge on any atom is -0.492 e. The van der Waals surface area contributed by atoms with Crippen molar-refractivity contribution in [3.63, 3.8) is 0 Å². The van der Waals surface area contributed by atoms with Crippen LogP contribution in [0.2, 0.25) is 0 Å². The molecule has 1 saturated heterocycles. The van der Waals surface area contributed by atoms with E-state index < -0.39 is 12.1 Å². The zero-order chi connectivity index (χ0) is 34.4. The van der Waals surface area contributed by atoms with Gasteiger partial charge in [-0.05, 0) is 66.4 Å². The van der Waals surface area contributed by atoms with Crippen molar-refractivity contribution in [3.8, 4) is 17.2 Å². The molecular weight excluding hydrogens is 606 g/mol. The summed E-state index contributed by atoms with van der Waals surface area (Å²) in [7, 11) is 4.98. The van der Waals surface area contributed by atoms with Gasteiger partial charge in [-0.15, -0.1) is 0 Å². The fourth-order valence-electron chi connectivity index (χ4n) is 6.06. The van der Waals surface area contributed by atoms with Crippen molar-refractivity contribution >= 4 is 40.0 Å². The Morgan fingerprint density at radius 1 is 0.854 bits per heavy atom. The average molecular weight is 654 g/mol. The number of fused-ring (bicyclic) bond motifs is 1. The highest BCUT2D eigenvalue weighted by molar-refractivity contribution is 6.08. The van der Waals surface area contributed by atoms with Crippen LogP contribution in [-0.4, -0.2) is 68.9 Å². The number of benzene rings is 4. The van der Waals surface area contributed by atoms with E-state index in [9.17, 15) is 9.59 Å². The largest absolute Gasteiger partial charge is 0.492 e. The van der Waals surface area contributed by atoms with Gasteiger partial charge in [0.05, 0.1) is 31.3 Å². The van der Waals surface area contributed by atoms with Gasteiger partial charge in [0.1, 0.15) is 11.5 Å². The van der Waals surface area contributed by atoms with Crippen molar-refractivity contribution in [3.05, 3.63) is 83.9 Å². The van der Waals surface area contributed by atoms with E-state index in [4.69, 9.17) is 14.2 Å². The lowest BCUT2D eigenvalue weighted by molar-refractivity contribution is 0.0883. The predicted octanol–water partition coefficient (Wildman–Crippen LogP) is 8.29. The van der Waals surface area contributed by atoms with Gasteiger partial charge in [-0.3, -0.25) is 10.2 Å². The van der Waals surface area contributed by atoms with E-state index in [1.54, 1.807) is 0 Å². The summed E-state index contributed by atoms with van der Waals surface area (Å²) in [6.07, 6.45) is 0.499. The van der Waals surface area contributed by atoms with Gasteiger partial charge in [0.15, 0.2) is 5.75 Å². The van der Waals surface area contributed by atoms with Gasteiger partial charge in [0, 0.05) is 43.0 Å². The molecule has 5 rings (SSSR count). The van der Waals surface area contributed by atoms with Gasteiger partial charge in [-0.2, -0.15) is 0 Å². The van der Waals surface area contributed by atoms with Crippen molar-refractivity contribution in [2.75, 3.05) is 56.9 Å². The molecule has 1 aliphatic heterocycles. The van der Waals surface area contributed by atoms with Crippen LogP contribution in [0.4, 0.5) is 26.7 Å². The van der Waals surface area contributed by atoms with Crippen LogP contribution in [0.15, 0.2) is 72.8 Å². The third-order valence-electron chi connectivity index (χ3n) is 8.83. The van der Waals surface area contributed by atoms with E-state index in [1.165, 1.54) is 19.8 Å². The van der Waals surface area contributed by atoms with Crippen molar-refractivity contribution in [2.45, 2.75) is 52.1 Å². The fourth-order valence-corrected chi connectivity index (χ4v) is 6.06. The van der Waals surface area contributed by atoms with Crippen LogP contribution >= 0.6 is 0 Å². The molecule has 48 heavy (non-hydrogen) atoms. The van der Waals surface area contributed by atoms with Gasteiger partial charge in [-0.25, -0.2) is 9.59 Å². The molecule has 1 atom stereocenters. The molecule has 1 aliphatic rings. The Balaban J connectivity index is 1.35. The summed E-state index contributed by atoms with van der Waals surface area (Å²) in [6.45, 7) is 12.4. The molecule has 10 nitrogen and oxygen atoms in total. The SMILES string of the molecule is CCC1CN(Cc2cccc(Oc3ccc(NC(=O)Nc4cc(C(C)(C)C)cc(NC(=O)OC)c4OC)c4ccccc34)c2)CCN1C. The van der Waals surface area contributed by atoms with E-state index in [2.05, 4.69) is 51.9 Å². The van der Waals surface area contributed by atoms with Crippen molar-refractivity contribution in [1.29, 1.82) is 0 Å². The maximum atomic E-state index is 13.5. The van der Waals surface area contributed by atoms with Crippen molar-refractivity contribution in [2.24, 2.45) is 0 Å². The number of carbonyl (C=O) groups is 2. The summed E-state index contributed by atoms with van der Waals surface area (Å²) in [5, 5.41) is 10.3. The number of ether oxygens (including phenoxy) is 3. The van der Waals surface area contributed by atoms with Crippen LogP contribution in [0.5, 0.6) is 17.2 Å². The van der Waals surface area contributed by atoms with E-state index in [1.807, 2.05) is 81.4 Å². The molecule has 0 aliphatic carbocycles. The smallest absolute Gasteiger partial charge is 0.411 e. The maximum Gasteiger partial charge on any atom is 0.411 e. The summed E-state index contributed by atoms with van der Waals surface area (Å²) in [5.41, 5.74) is 3.22. The summed E-state index contributed by atoms with van der Waals surface area (Å²) < 4.78 is 16.9. The van der Waals surface area contributed by atoms with Crippen molar-refractivity contribution < 1.29 is 23.8 Å². The third kappa shape index (κ3) is 8.18. The zero-order valence-corrected chi connectivity index (χ0v) is 29.0. The van der Waals surface area contributed by atoms with Crippen molar-refractivity contribution in [1.82, 2.24) is 9.80 Å². The van der Waals surface area contributed by atoms with E-state index in [0.29, 0.717) is 34.6 Å². The molecule has 0 saturated carbocycles. The number of nitrogens with zero attached hydrogens (tertiary/aromatic N) is 2. The molecule has 0 spiro atoms. The van der Waals surface area contributed by atoms with Gasteiger partial charge in [0.25, 0.3) is 0 Å². The lowest BCUT2D eigenvalue weighted by Crippen LogP contribution is -2.50. The Morgan fingerprint density at radius 2 is 1.56 bits per heavy atom. The highest BCUT2D eigenvalue weighted by Gasteiger charge is 2.24. The molecule has 3 amide bonds. The van der Waals surface area contributed by atoms with E-state index >= 15 is 0 Å². The number of methoxy groups -OCH3 is 2. The Kier molecular flexibility index (Phi) is 10.8. The number of amides is 3. The van der Waals surface area contributed by atoms with Crippen LogP contribution in [-0.2, 0) is 16.7 Å². The molecular formula is C38H47N5O5. The summed E-state index contributed by atoms with van der Waals surface area (Å²) in [6, 6.07) is 23.5. The van der Waals surface area contributed by atoms with Crippen LogP contribution in [0, 0.1) is 0 Å². The van der Waals surface area contributed by atoms with E-state index in [0.717, 1.165) is 54.7 Å². The number of likely N-dealkylation sites (N-methyl/N-ethyl adjacent to an activating group) is 1. The van der Waals surface area contributed by atoms with Gasteiger partial charge in [0.2, 0.25) is 0 Å². The number of carbonyl (C=O) groups excluding carboxylic acids is 2. The number of urea groups is 1. The number of hydrogen-bond acceptors (Lipinski definition) is 7. The third-order valence-corrected chi connectivity index (χ3v) is 8.83. The van der Waals surface area contributed by atoms with Crippen LogP contribution in [0.1, 0.15) is 45.2 Å².